The van der Waals surface area contributed by atoms with Crippen LogP contribution >= 0.6 is 24.2 Å². The third-order valence-corrected chi connectivity index (χ3v) is 3.75. The molecule has 0 fully saturated rings. The first kappa shape index (κ1) is 22.3. The fourth-order valence-corrected chi connectivity index (χ4v) is 2.63. The van der Waals surface area contributed by atoms with E-state index in [-0.39, 0.29) is 24.3 Å². The van der Waals surface area contributed by atoms with E-state index in [9.17, 15) is 4.79 Å². The van der Waals surface area contributed by atoms with Crippen LogP contribution < -0.4 is 5.73 Å². The molecule has 0 radical (unpaired) electrons. The van der Waals surface area contributed by atoms with Crippen molar-refractivity contribution in [3.63, 3.8) is 0 Å². The van der Waals surface area contributed by atoms with Crippen molar-refractivity contribution in [1.29, 1.82) is 0 Å². The van der Waals surface area contributed by atoms with Crippen molar-refractivity contribution < 1.29 is 14.3 Å². The van der Waals surface area contributed by atoms with Gasteiger partial charge in [-0.3, -0.25) is 4.79 Å². The quantitative estimate of drug-likeness (QED) is 0.441. The minimum Gasteiger partial charge on any atom is -0.466 e. The highest BCUT2D eigenvalue weighted by Crippen LogP contribution is 2.15. The largest absolute Gasteiger partial charge is 0.466 e. The molecule has 4 nitrogen and oxygen atoms in total. The number of nitrogens with two attached hydrogens (primary N) is 1. The number of thioether (sulfide) groups is 1. The molecule has 0 aliphatic heterocycles. The number of hydrogen-bond acceptors (Lipinski definition) is 5. The van der Waals surface area contributed by atoms with Gasteiger partial charge in [0.25, 0.3) is 0 Å². The standard InChI is InChI=1S/C14H29NO3S.ClH/c1-12(2)9-13(11-15)10-14(16)18-5-4-7-19-8-6-17-3;/h12-13H,4-11,15H2,1-3H3;1H/t13-;/m0./s1. The zero-order chi connectivity index (χ0) is 14.5. The molecule has 0 aliphatic rings. The second kappa shape index (κ2) is 15.4. The van der Waals surface area contributed by atoms with Crippen LogP contribution in [0, 0.1) is 11.8 Å². The molecule has 20 heavy (non-hydrogen) atoms. The fraction of sp³-hybridized carbons (Fsp3) is 0.929. The number of halogens is 1. The van der Waals surface area contributed by atoms with Gasteiger partial charge in [0.05, 0.1) is 13.2 Å². The number of carbonyl (C=O) groups is 1. The molecule has 0 saturated carbocycles. The lowest BCUT2D eigenvalue weighted by Crippen LogP contribution is -2.21. The zero-order valence-corrected chi connectivity index (χ0v) is 14.6. The molecule has 0 saturated heterocycles. The molecule has 0 aromatic heterocycles. The second-order valence-corrected chi connectivity index (χ2v) is 6.34. The maximum absolute atomic E-state index is 11.6. The van der Waals surface area contributed by atoms with Crippen LogP contribution in [0.5, 0.6) is 0 Å². The van der Waals surface area contributed by atoms with Crippen molar-refractivity contribution in [3.8, 4) is 0 Å². The normalized spacial score (nSPS) is 12.1. The minimum atomic E-state index is -0.113. The molecule has 0 spiro atoms. The van der Waals surface area contributed by atoms with E-state index < -0.39 is 0 Å². The zero-order valence-electron chi connectivity index (χ0n) is 12.9. The predicted octanol–water partition coefficient (Wildman–Crippen LogP) is 2.73. The molecular formula is C14H30ClNO3S. The third-order valence-electron chi connectivity index (χ3n) is 2.72. The van der Waals surface area contributed by atoms with Gasteiger partial charge in [-0.05, 0) is 37.0 Å². The van der Waals surface area contributed by atoms with E-state index >= 15 is 0 Å². The van der Waals surface area contributed by atoms with Gasteiger partial charge in [-0.2, -0.15) is 11.8 Å². The third kappa shape index (κ3) is 14.4. The molecule has 0 aromatic rings. The van der Waals surface area contributed by atoms with Crippen LogP contribution in [-0.2, 0) is 14.3 Å². The van der Waals surface area contributed by atoms with E-state index in [4.69, 9.17) is 15.2 Å². The minimum absolute atomic E-state index is 0. The van der Waals surface area contributed by atoms with E-state index in [2.05, 4.69) is 13.8 Å². The number of esters is 1. The topological polar surface area (TPSA) is 61.5 Å². The van der Waals surface area contributed by atoms with Gasteiger partial charge in [0.1, 0.15) is 0 Å². The Morgan fingerprint density at radius 3 is 2.50 bits per heavy atom. The first-order chi connectivity index (χ1) is 9.10. The van der Waals surface area contributed by atoms with Crippen molar-refractivity contribution >= 4 is 30.1 Å². The number of ether oxygens (including phenoxy) is 2. The summed E-state index contributed by atoms with van der Waals surface area (Å²) >= 11 is 1.82. The van der Waals surface area contributed by atoms with Crippen LogP contribution in [0.4, 0.5) is 0 Å². The van der Waals surface area contributed by atoms with Crippen molar-refractivity contribution in [2.24, 2.45) is 17.6 Å². The van der Waals surface area contributed by atoms with Gasteiger partial charge >= 0.3 is 5.97 Å². The Kier molecular flexibility index (Phi) is 17.2. The molecule has 2 N–H and O–H groups in total. The average molecular weight is 328 g/mol. The van der Waals surface area contributed by atoms with Crippen molar-refractivity contribution in [3.05, 3.63) is 0 Å². The van der Waals surface area contributed by atoms with Crippen LogP contribution in [0.3, 0.4) is 0 Å². The Hall–Kier alpha value is 0.0300. The summed E-state index contributed by atoms with van der Waals surface area (Å²) in [5, 5.41) is 0. The van der Waals surface area contributed by atoms with Gasteiger partial charge in [-0.15, -0.1) is 12.4 Å². The Bertz CT molecular complexity index is 230. The molecular weight excluding hydrogens is 298 g/mol. The van der Waals surface area contributed by atoms with Crippen LogP contribution in [0.1, 0.15) is 33.1 Å². The van der Waals surface area contributed by atoms with Gasteiger partial charge in [0, 0.05) is 19.3 Å². The number of rotatable bonds is 12. The fourth-order valence-electron chi connectivity index (χ4n) is 1.82. The molecule has 0 amide bonds. The SMILES string of the molecule is COCCSCCCOC(=O)C[C@@H](CN)CC(C)C.Cl. The van der Waals surface area contributed by atoms with Crippen LogP contribution in [-0.4, -0.2) is 44.3 Å². The summed E-state index contributed by atoms with van der Waals surface area (Å²) in [6.07, 6.45) is 2.33. The van der Waals surface area contributed by atoms with Gasteiger partial charge < -0.3 is 15.2 Å². The molecule has 1 atom stereocenters. The Morgan fingerprint density at radius 2 is 1.95 bits per heavy atom. The van der Waals surface area contributed by atoms with Gasteiger partial charge in [0.2, 0.25) is 0 Å². The Balaban J connectivity index is 0. The highest BCUT2D eigenvalue weighted by Gasteiger charge is 2.14. The van der Waals surface area contributed by atoms with Crippen molar-refractivity contribution in [1.82, 2.24) is 0 Å². The summed E-state index contributed by atoms with van der Waals surface area (Å²) < 4.78 is 10.2. The van der Waals surface area contributed by atoms with E-state index in [1.165, 1.54) is 0 Å². The molecule has 0 unspecified atom stereocenters. The Morgan fingerprint density at radius 1 is 1.25 bits per heavy atom. The summed E-state index contributed by atoms with van der Waals surface area (Å²) in [6.45, 7) is 6.13. The van der Waals surface area contributed by atoms with Crippen LogP contribution in [0.25, 0.3) is 0 Å². The first-order valence-electron chi connectivity index (χ1n) is 7.02. The maximum Gasteiger partial charge on any atom is 0.306 e. The number of hydrogen-bond donors (Lipinski definition) is 1. The maximum atomic E-state index is 11.6. The molecule has 0 rings (SSSR count). The molecule has 6 heteroatoms. The first-order valence-corrected chi connectivity index (χ1v) is 8.18. The van der Waals surface area contributed by atoms with Gasteiger partial charge in [-0.25, -0.2) is 0 Å². The monoisotopic (exact) mass is 327 g/mol. The highest BCUT2D eigenvalue weighted by atomic mass is 35.5. The highest BCUT2D eigenvalue weighted by molar-refractivity contribution is 7.99. The summed E-state index contributed by atoms with van der Waals surface area (Å²) in [6, 6.07) is 0. The van der Waals surface area contributed by atoms with E-state index in [0.717, 1.165) is 31.0 Å². The summed E-state index contributed by atoms with van der Waals surface area (Å²) in [7, 11) is 1.70. The summed E-state index contributed by atoms with van der Waals surface area (Å²) in [5.74, 6) is 2.71. The molecule has 0 bridgehead atoms. The van der Waals surface area contributed by atoms with E-state index in [1.807, 2.05) is 11.8 Å². The average Bonchev–Trinajstić information content (AvgIpc) is 2.36. The Labute approximate surface area is 133 Å². The van der Waals surface area contributed by atoms with Gasteiger partial charge in [-0.1, -0.05) is 13.8 Å². The molecule has 0 aliphatic carbocycles. The molecule has 0 heterocycles. The predicted molar refractivity (Wildman–Crippen MR) is 88.6 cm³/mol. The summed E-state index contributed by atoms with van der Waals surface area (Å²) in [5.41, 5.74) is 5.67. The lowest BCUT2D eigenvalue weighted by Gasteiger charge is -2.16. The van der Waals surface area contributed by atoms with Crippen molar-refractivity contribution in [2.75, 3.05) is 38.4 Å². The lowest BCUT2D eigenvalue weighted by atomic mass is 9.94. The number of methoxy groups -OCH3 is 1. The number of carbonyl (C=O) groups excluding carboxylic acids is 1. The molecule has 0 aromatic carbocycles. The second-order valence-electron chi connectivity index (χ2n) is 5.11. The van der Waals surface area contributed by atoms with Gasteiger partial charge in [0.15, 0.2) is 0 Å². The van der Waals surface area contributed by atoms with E-state index in [0.29, 0.717) is 25.5 Å². The van der Waals surface area contributed by atoms with Crippen LogP contribution in [0.2, 0.25) is 0 Å². The van der Waals surface area contributed by atoms with Crippen molar-refractivity contribution in [2.45, 2.75) is 33.1 Å². The smallest absolute Gasteiger partial charge is 0.306 e. The lowest BCUT2D eigenvalue weighted by molar-refractivity contribution is -0.144. The summed E-state index contributed by atoms with van der Waals surface area (Å²) in [4.78, 5) is 11.6. The van der Waals surface area contributed by atoms with Crippen LogP contribution in [0.15, 0.2) is 0 Å². The van der Waals surface area contributed by atoms with E-state index in [1.54, 1.807) is 7.11 Å². The molecule has 122 valence electrons.